The smallest absolute Gasteiger partial charge is 0.272 e. The fourth-order valence-electron chi connectivity index (χ4n) is 4.69. The largest absolute Gasteiger partial charge is 0.494 e. The molecule has 0 saturated carbocycles. The number of anilines is 2. The van der Waals surface area contributed by atoms with Crippen molar-refractivity contribution in [1.29, 1.82) is 0 Å². The van der Waals surface area contributed by atoms with Crippen molar-refractivity contribution >= 4 is 46.9 Å². The first-order chi connectivity index (χ1) is 24.1. The van der Waals surface area contributed by atoms with Crippen LogP contribution in [-0.2, 0) is 9.59 Å². The number of amides is 3. The molecule has 12 heteroatoms. The average Bonchev–Trinajstić information content (AvgIpc) is 3.13. The lowest BCUT2D eigenvalue weighted by molar-refractivity contribution is -0.116. The lowest BCUT2D eigenvalue weighted by Gasteiger charge is -2.18. The summed E-state index contributed by atoms with van der Waals surface area (Å²) >= 11 is 0.963. The molecule has 7 nitrogen and oxygen atoms in total. The molecule has 0 saturated heterocycles. The van der Waals surface area contributed by atoms with Crippen LogP contribution in [0.3, 0.4) is 0 Å². The fourth-order valence-corrected chi connectivity index (χ4v) is 5.77. The van der Waals surface area contributed by atoms with Gasteiger partial charge < -0.3 is 20.7 Å². The molecule has 1 unspecified atom stereocenters. The van der Waals surface area contributed by atoms with Crippen LogP contribution in [0.25, 0.3) is 6.08 Å². The van der Waals surface area contributed by atoms with E-state index in [0.717, 1.165) is 11.8 Å². The first kappa shape index (κ1) is 35.4. The molecule has 5 aromatic carbocycles. The van der Waals surface area contributed by atoms with Gasteiger partial charge in [-0.25, -0.2) is 17.6 Å². The predicted octanol–water partition coefficient (Wildman–Crippen LogP) is 8.52. The Morgan fingerprint density at radius 1 is 0.760 bits per heavy atom. The SMILES string of the molecule is CCOc1ccc(/C=C(/NC(=O)c2ccccc2)C(=O)Nc2cccc(SC(C(=O)Nc3c(F)c(F)cc(F)c3F)c3ccccc3)c2)cc1. The molecule has 0 bridgehead atoms. The number of halogens is 4. The van der Waals surface area contributed by atoms with Crippen LogP contribution in [0.2, 0.25) is 0 Å². The highest BCUT2D eigenvalue weighted by Gasteiger charge is 2.27. The highest BCUT2D eigenvalue weighted by Crippen LogP contribution is 2.38. The quantitative estimate of drug-likeness (QED) is 0.0525. The summed E-state index contributed by atoms with van der Waals surface area (Å²) in [7, 11) is 0. The van der Waals surface area contributed by atoms with E-state index in [-0.39, 0.29) is 11.8 Å². The van der Waals surface area contributed by atoms with Gasteiger partial charge in [0, 0.05) is 22.2 Å². The Bertz CT molecular complexity index is 2000. The van der Waals surface area contributed by atoms with Crippen LogP contribution < -0.4 is 20.7 Å². The van der Waals surface area contributed by atoms with Gasteiger partial charge in [0.15, 0.2) is 23.3 Å². The summed E-state index contributed by atoms with van der Waals surface area (Å²) < 4.78 is 62.1. The number of thioether (sulfide) groups is 1. The lowest BCUT2D eigenvalue weighted by atomic mass is 10.1. The molecule has 3 N–H and O–H groups in total. The minimum absolute atomic E-state index is 0.0510. The highest BCUT2D eigenvalue weighted by atomic mass is 32.2. The van der Waals surface area contributed by atoms with Gasteiger partial charge in [0.1, 0.15) is 22.4 Å². The van der Waals surface area contributed by atoms with E-state index >= 15 is 0 Å². The number of ether oxygens (including phenoxy) is 1. The summed E-state index contributed by atoms with van der Waals surface area (Å²) in [5, 5.41) is 6.27. The van der Waals surface area contributed by atoms with E-state index in [0.29, 0.717) is 39.6 Å². The van der Waals surface area contributed by atoms with Crippen LogP contribution in [-0.4, -0.2) is 24.3 Å². The molecule has 1 atom stereocenters. The number of rotatable bonds is 12. The third-order valence-electron chi connectivity index (χ3n) is 7.08. The standard InChI is InChI=1S/C38H29F4N3O4S/c1-2-49-27-18-16-23(17-19-27)20-31(44-36(46)25-12-7-4-8-13-25)37(47)43-26-14-9-15-28(21-26)50-35(24-10-5-3-6-11-24)38(48)45-34-32(41)29(39)22-30(40)33(34)42/h3-22,35H,2H2,1H3,(H,43,47)(H,44,46)(H,45,48)/b31-20+. The molecule has 50 heavy (non-hydrogen) atoms. The zero-order valence-corrected chi connectivity index (χ0v) is 27.2. The Morgan fingerprint density at radius 3 is 2.04 bits per heavy atom. The summed E-state index contributed by atoms with van der Waals surface area (Å²) in [6.07, 6.45) is 1.51. The van der Waals surface area contributed by atoms with Gasteiger partial charge in [-0.15, -0.1) is 11.8 Å². The normalized spacial score (nSPS) is 11.7. The Kier molecular flexibility index (Phi) is 11.7. The summed E-state index contributed by atoms with van der Waals surface area (Å²) in [6.45, 7) is 2.34. The molecule has 5 rings (SSSR count). The molecule has 0 heterocycles. The molecule has 0 radical (unpaired) electrons. The van der Waals surface area contributed by atoms with Crippen molar-refractivity contribution in [3.05, 3.63) is 161 Å². The average molecular weight is 700 g/mol. The first-order valence-electron chi connectivity index (χ1n) is 15.2. The van der Waals surface area contributed by atoms with Crippen LogP contribution in [0.4, 0.5) is 28.9 Å². The third-order valence-corrected chi connectivity index (χ3v) is 8.33. The molecular formula is C38H29F4N3O4S. The summed E-state index contributed by atoms with van der Waals surface area (Å²) in [5.41, 5.74) is 0.351. The molecule has 0 aromatic heterocycles. The third kappa shape index (κ3) is 8.97. The molecule has 3 amide bonds. The van der Waals surface area contributed by atoms with Crippen LogP contribution >= 0.6 is 11.8 Å². The van der Waals surface area contributed by atoms with Crippen molar-refractivity contribution in [1.82, 2.24) is 5.32 Å². The second kappa shape index (κ2) is 16.5. The maximum absolute atomic E-state index is 14.4. The van der Waals surface area contributed by atoms with Crippen molar-refractivity contribution in [3.63, 3.8) is 0 Å². The number of hydrogen-bond acceptors (Lipinski definition) is 5. The van der Waals surface area contributed by atoms with Crippen LogP contribution in [0.15, 0.2) is 126 Å². The van der Waals surface area contributed by atoms with E-state index in [1.54, 1.807) is 109 Å². The number of nitrogens with one attached hydrogen (secondary N) is 3. The monoisotopic (exact) mass is 699 g/mol. The highest BCUT2D eigenvalue weighted by molar-refractivity contribution is 8.00. The van der Waals surface area contributed by atoms with E-state index in [9.17, 15) is 31.9 Å². The van der Waals surface area contributed by atoms with Gasteiger partial charge in [-0.2, -0.15) is 0 Å². The zero-order chi connectivity index (χ0) is 35.6. The van der Waals surface area contributed by atoms with Gasteiger partial charge in [-0.1, -0.05) is 66.7 Å². The van der Waals surface area contributed by atoms with Crippen molar-refractivity contribution in [2.24, 2.45) is 0 Å². The summed E-state index contributed by atoms with van der Waals surface area (Å²) in [5.74, 6) is -8.29. The Labute approximate surface area is 289 Å². The number of benzene rings is 5. The van der Waals surface area contributed by atoms with Crippen molar-refractivity contribution in [2.45, 2.75) is 17.1 Å². The number of hydrogen-bond donors (Lipinski definition) is 3. The van der Waals surface area contributed by atoms with Crippen molar-refractivity contribution < 1.29 is 36.7 Å². The molecule has 0 aliphatic carbocycles. The second-order valence-electron chi connectivity index (χ2n) is 10.6. The van der Waals surface area contributed by atoms with Crippen LogP contribution in [0.1, 0.15) is 33.7 Å². The zero-order valence-electron chi connectivity index (χ0n) is 26.4. The minimum Gasteiger partial charge on any atom is -0.494 e. The van der Waals surface area contributed by atoms with E-state index in [4.69, 9.17) is 4.74 Å². The van der Waals surface area contributed by atoms with Crippen LogP contribution in [0, 0.1) is 23.3 Å². The van der Waals surface area contributed by atoms with Crippen molar-refractivity contribution in [2.75, 3.05) is 17.2 Å². The van der Waals surface area contributed by atoms with Gasteiger partial charge in [0.05, 0.1) is 6.61 Å². The van der Waals surface area contributed by atoms with E-state index < -0.39 is 51.9 Å². The Balaban J connectivity index is 1.40. The molecular weight excluding hydrogens is 670 g/mol. The Morgan fingerprint density at radius 2 is 1.40 bits per heavy atom. The first-order valence-corrected chi connectivity index (χ1v) is 16.1. The molecule has 0 aliphatic rings. The van der Waals surface area contributed by atoms with Gasteiger partial charge in [0.2, 0.25) is 5.91 Å². The molecule has 0 spiro atoms. The minimum atomic E-state index is -1.74. The topological polar surface area (TPSA) is 96.5 Å². The van der Waals surface area contributed by atoms with Gasteiger partial charge >= 0.3 is 0 Å². The summed E-state index contributed by atoms with van der Waals surface area (Å²) in [4.78, 5) is 40.5. The van der Waals surface area contributed by atoms with Gasteiger partial charge in [-0.05, 0) is 66.6 Å². The summed E-state index contributed by atoms with van der Waals surface area (Å²) in [6, 6.07) is 30.0. The van der Waals surface area contributed by atoms with E-state index in [2.05, 4.69) is 10.6 Å². The van der Waals surface area contributed by atoms with Crippen molar-refractivity contribution in [3.8, 4) is 5.75 Å². The second-order valence-corrected chi connectivity index (χ2v) is 11.8. The van der Waals surface area contributed by atoms with Gasteiger partial charge in [0.25, 0.3) is 11.8 Å². The lowest BCUT2D eigenvalue weighted by Crippen LogP contribution is -2.30. The molecule has 0 aliphatic heterocycles. The number of carbonyl (C=O) groups excluding carboxylic acids is 3. The maximum Gasteiger partial charge on any atom is 0.272 e. The Hall–Kier alpha value is -5.88. The number of carbonyl (C=O) groups is 3. The van der Waals surface area contributed by atoms with E-state index in [1.807, 2.05) is 12.2 Å². The molecule has 0 fully saturated rings. The molecule has 254 valence electrons. The fraction of sp³-hybridized carbons (Fsp3) is 0.0789. The van der Waals surface area contributed by atoms with Crippen LogP contribution in [0.5, 0.6) is 5.75 Å². The molecule has 5 aromatic rings. The van der Waals surface area contributed by atoms with Gasteiger partial charge in [-0.3, -0.25) is 14.4 Å². The maximum atomic E-state index is 14.4. The van der Waals surface area contributed by atoms with E-state index in [1.165, 1.54) is 6.08 Å². The predicted molar refractivity (Wildman–Crippen MR) is 185 cm³/mol.